The number of carbonyl (C=O) groups is 1. The largest absolute Gasteiger partial charge is 0.481 e. The van der Waals surface area contributed by atoms with Gasteiger partial charge in [-0.2, -0.15) is 11.8 Å². The first-order valence-electron chi connectivity index (χ1n) is 7.03. The predicted molar refractivity (Wildman–Crippen MR) is 91.5 cm³/mol. The topological polar surface area (TPSA) is 38.3 Å². The molecule has 21 heavy (non-hydrogen) atoms. The maximum Gasteiger partial charge on any atom is 0.260 e. The Bertz CT molecular complexity index is 486. The first-order chi connectivity index (χ1) is 9.69. The maximum absolute atomic E-state index is 12.0. The summed E-state index contributed by atoms with van der Waals surface area (Å²) >= 11 is 7.79. The molecule has 0 aliphatic carbocycles. The average molecular weight is 330 g/mol. The molecule has 0 saturated carbocycles. The van der Waals surface area contributed by atoms with Crippen LogP contribution in [0, 0.1) is 6.92 Å². The van der Waals surface area contributed by atoms with Crippen LogP contribution in [0.3, 0.4) is 0 Å². The molecule has 0 aromatic heterocycles. The molecule has 118 valence electrons. The third-order valence-electron chi connectivity index (χ3n) is 2.75. The molecule has 0 radical (unpaired) electrons. The van der Waals surface area contributed by atoms with Crippen molar-refractivity contribution >= 4 is 29.3 Å². The lowest BCUT2D eigenvalue weighted by molar-refractivity contribution is -0.127. The number of rotatable bonds is 6. The van der Waals surface area contributed by atoms with Gasteiger partial charge in [-0.1, -0.05) is 32.4 Å². The summed E-state index contributed by atoms with van der Waals surface area (Å²) < 4.78 is 5.85. The lowest BCUT2D eigenvalue weighted by Gasteiger charge is -2.18. The second kappa shape index (κ2) is 7.95. The van der Waals surface area contributed by atoms with Gasteiger partial charge in [0.05, 0.1) is 0 Å². The fourth-order valence-corrected chi connectivity index (χ4v) is 2.56. The van der Waals surface area contributed by atoms with E-state index in [0.717, 1.165) is 11.3 Å². The molecule has 0 fully saturated rings. The minimum absolute atomic E-state index is 0.0999. The highest BCUT2D eigenvalue weighted by Crippen LogP contribution is 2.23. The van der Waals surface area contributed by atoms with Crippen molar-refractivity contribution in [2.45, 2.75) is 45.5 Å². The summed E-state index contributed by atoms with van der Waals surface area (Å²) in [6.45, 7) is 10.8. The molecule has 5 heteroatoms. The van der Waals surface area contributed by atoms with Crippen molar-refractivity contribution in [2.24, 2.45) is 0 Å². The number of ether oxygens (including phenoxy) is 1. The van der Waals surface area contributed by atoms with E-state index in [1.165, 1.54) is 0 Å². The Labute approximate surface area is 136 Å². The van der Waals surface area contributed by atoms with E-state index in [-0.39, 0.29) is 10.7 Å². The predicted octanol–water partition coefficient (Wildman–Crippen LogP) is 4.06. The molecule has 0 aliphatic rings. The van der Waals surface area contributed by atoms with Crippen molar-refractivity contribution in [3.05, 3.63) is 28.8 Å². The van der Waals surface area contributed by atoms with E-state index in [1.807, 2.05) is 24.8 Å². The van der Waals surface area contributed by atoms with E-state index in [4.69, 9.17) is 16.3 Å². The van der Waals surface area contributed by atoms with E-state index in [1.54, 1.807) is 19.1 Å². The summed E-state index contributed by atoms with van der Waals surface area (Å²) in [5, 5.41) is 3.58. The van der Waals surface area contributed by atoms with Crippen molar-refractivity contribution in [3.8, 4) is 5.75 Å². The van der Waals surface area contributed by atoms with E-state index >= 15 is 0 Å². The monoisotopic (exact) mass is 329 g/mol. The Morgan fingerprint density at radius 2 is 2.10 bits per heavy atom. The molecular formula is C16H24ClNO2S. The van der Waals surface area contributed by atoms with Gasteiger partial charge in [-0.05, 0) is 37.6 Å². The highest BCUT2D eigenvalue weighted by molar-refractivity contribution is 8.00. The smallest absolute Gasteiger partial charge is 0.260 e. The molecule has 0 heterocycles. The van der Waals surface area contributed by atoms with Gasteiger partial charge in [0, 0.05) is 22.1 Å². The third-order valence-corrected chi connectivity index (χ3v) is 4.45. The van der Waals surface area contributed by atoms with Crippen molar-refractivity contribution in [2.75, 3.05) is 12.3 Å². The van der Waals surface area contributed by atoms with E-state index in [2.05, 4.69) is 26.1 Å². The van der Waals surface area contributed by atoms with Gasteiger partial charge in [-0.15, -0.1) is 0 Å². The van der Waals surface area contributed by atoms with Gasteiger partial charge in [0.2, 0.25) is 0 Å². The van der Waals surface area contributed by atoms with Crippen molar-refractivity contribution in [1.82, 2.24) is 5.32 Å². The minimum atomic E-state index is -0.523. The Morgan fingerprint density at radius 1 is 1.43 bits per heavy atom. The summed E-state index contributed by atoms with van der Waals surface area (Å²) in [5.41, 5.74) is 0.934. The maximum atomic E-state index is 12.0. The number of aryl methyl sites for hydroxylation is 1. The van der Waals surface area contributed by atoms with E-state index < -0.39 is 6.10 Å². The Kier molecular flexibility index (Phi) is 6.88. The number of hydrogen-bond acceptors (Lipinski definition) is 3. The standard InChI is InChI=1S/C16H24ClNO2S/c1-11-10-13(6-7-14(11)17)20-12(2)15(19)18-8-9-21-16(3,4)5/h6-7,10,12H,8-9H2,1-5H3,(H,18,19). The van der Waals surface area contributed by atoms with Gasteiger partial charge >= 0.3 is 0 Å². The number of nitrogens with one attached hydrogen (secondary N) is 1. The lowest BCUT2D eigenvalue weighted by atomic mass is 10.2. The first kappa shape index (κ1) is 18.2. The van der Waals surface area contributed by atoms with Gasteiger partial charge < -0.3 is 10.1 Å². The fraction of sp³-hybridized carbons (Fsp3) is 0.562. The first-order valence-corrected chi connectivity index (χ1v) is 8.40. The van der Waals surface area contributed by atoms with Gasteiger partial charge in [0.1, 0.15) is 5.75 Å². The molecule has 0 saturated heterocycles. The van der Waals surface area contributed by atoms with Crippen LogP contribution in [0.15, 0.2) is 18.2 Å². The minimum Gasteiger partial charge on any atom is -0.481 e. The van der Waals surface area contributed by atoms with Gasteiger partial charge in [-0.25, -0.2) is 0 Å². The van der Waals surface area contributed by atoms with Gasteiger partial charge in [0.15, 0.2) is 6.10 Å². The number of carbonyl (C=O) groups excluding carboxylic acids is 1. The number of hydrogen-bond donors (Lipinski definition) is 1. The molecule has 1 amide bonds. The molecule has 0 spiro atoms. The molecule has 1 unspecified atom stereocenters. The Balaban J connectivity index is 2.39. The van der Waals surface area contributed by atoms with Crippen LogP contribution in [0.25, 0.3) is 0 Å². The highest BCUT2D eigenvalue weighted by Gasteiger charge is 2.15. The van der Waals surface area contributed by atoms with Crippen LogP contribution in [0.4, 0.5) is 0 Å². The van der Waals surface area contributed by atoms with Crippen molar-refractivity contribution in [1.29, 1.82) is 0 Å². The molecule has 1 N–H and O–H groups in total. The second-order valence-electron chi connectivity index (χ2n) is 5.92. The number of benzene rings is 1. The molecule has 1 rings (SSSR count). The third kappa shape index (κ3) is 7.09. The van der Waals surface area contributed by atoms with Crippen LogP contribution in [0.2, 0.25) is 5.02 Å². The zero-order valence-electron chi connectivity index (χ0n) is 13.3. The summed E-state index contributed by atoms with van der Waals surface area (Å²) in [6, 6.07) is 5.38. The number of thioether (sulfide) groups is 1. The van der Waals surface area contributed by atoms with Crippen molar-refractivity contribution in [3.63, 3.8) is 0 Å². The summed E-state index contributed by atoms with van der Waals surface area (Å²) in [7, 11) is 0. The Hall–Kier alpha value is -0.870. The molecule has 0 aliphatic heterocycles. The molecular weight excluding hydrogens is 306 g/mol. The highest BCUT2D eigenvalue weighted by atomic mass is 35.5. The quantitative estimate of drug-likeness (QED) is 0.800. The number of amides is 1. The lowest BCUT2D eigenvalue weighted by Crippen LogP contribution is -2.37. The van der Waals surface area contributed by atoms with Crippen molar-refractivity contribution < 1.29 is 9.53 Å². The molecule has 1 aromatic rings. The van der Waals surface area contributed by atoms with Crippen LogP contribution in [0.5, 0.6) is 5.75 Å². The summed E-state index contributed by atoms with van der Waals surface area (Å²) in [4.78, 5) is 12.0. The van der Waals surface area contributed by atoms with Gasteiger partial charge in [0.25, 0.3) is 5.91 Å². The van der Waals surface area contributed by atoms with Crippen LogP contribution >= 0.6 is 23.4 Å². The molecule has 0 bridgehead atoms. The number of halogens is 1. The van der Waals surface area contributed by atoms with Crippen LogP contribution in [0.1, 0.15) is 33.3 Å². The second-order valence-corrected chi connectivity index (χ2v) is 8.25. The van der Waals surface area contributed by atoms with Crippen LogP contribution in [-0.4, -0.2) is 29.1 Å². The fourth-order valence-electron chi connectivity index (χ4n) is 1.62. The summed E-state index contributed by atoms with van der Waals surface area (Å²) in [5.74, 6) is 1.45. The molecule has 1 aromatic carbocycles. The molecule has 1 atom stereocenters. The zero-order valence-corrected chi connectivity index (χ0v) is 14.9. The van der Waals surface area contributed by atoms with Crippen LogP contribution in [-0.2, 0) is 4.79 Å². The normalized spacial score (nSPS) is 12.9. The van der Waals surface area contributed by atoms with E-state index in [0.29, 0.717) is 17.3 Å². The Morgan fingerprint density at radius 3 is 2.67 bits per heavy atom. The van der Waals surface area contributed by atoms with E-state index in [9.17, 15) is 4.79 Å². The average Bonchev–Trinajstić information content (AvgIpc) is 2.37. The molecule has 3 nitrogen and oxygen atoms in total. The zero-order chi connectivity index (χ0) is 16.0. The summed E-state index contributed by atoms with van der Waals surface area (Å²) in [6.07, 6.45) is -0.523. The SMILES string of the molecule is Cc1cc(OC(C)C(=O)NCCSC(C)(C)C)ccc1Cl. The van der Waals surface area contributed by atoms with Crippen LogP contribution < -0.4 is 10.1 Å². The van der Waals surface area contributed by atoms with Gasteiger partial charge in [-0.3, -0.25) is 4.79 Å².